The maximum absolute atomic E-state index is 14.0. The molecule has 1 N–H and O–H groups in total. The molecule has 1 aliphatic heterocycles. The van der Waals surface area contributed by atoms with E-state index in [2.05, 4.69) is 5.32 Å². The van der Waals surface area contributed by atoms with Crippen LogP contribution in [0.1, 0.15) is 34.2 Å². The summed E-state index contributed by atoms with van der Waals surface area (Å²) in [5, 5.41) is 2.68. The summed E-state index contributed by atoms with van der Waals surface area (Å²) < 4.78 is 33.8. The third-order valence-electron chi connectivity index (χ3n) is 9.00. The highest BCUT2D eigenvalue weighted by Crippen LogP contribution is 2.52. The monoisotopic (exact) mass is 716 g/mol. The highest BCUT2D eigenvalue weighted by atomic mass is 16.6. The lowest BCUT2D eigenvalue weighted by Gasteiger charge is -2.48. The molecule has 3 atom stereocenters. The third kappa shape index (κ3) is 8.04. The van der Waals surface area contributed by atoms with Crippen LogP contribution in [0.2, 0.25) is 0 Å². The molecule has 0 saturated carbocycles. The summed E-state index contributed by atoms with van der Waals surface area (Å²) in [6, 6.07) is 35.0. The lowest BCUT2D eigenvalue weighted by molar-refractivity contribution is -0.136. The fraction of sp³-hybridized carbons (Fsp3) is 0.214. The second kappa shape index (κ2) is 16.7. The number of β-lactam (4-membered cyclic amide) rings is 1. The molecule has 0 radical (unpaired) electrons. The van der Waals surface area contributed by atoms with Crippen LogP contribution in [0, 0.1) is 0 Å². The predicted octanol–water partition coefficient (Wildman–Crippen LogP) is 7.04. The van der Waals surface area contributed by atoms with Crippen LogP contribution in [0.25, 0.3) is 0 Å². The van der Waals surface area contributed by atoms with Crippen LogP contribution in [-0.2, 0) is 27.4 Å². The Morgan fingerprint density at radius 2 is 1.25 bits per heavy atom. The molecule has 1 saturated heterocycles. The number of nitrogens with zero attached hydrogens (tertiary/aromatic N) is 1. The van der Waals surface area contributed by atoms with Crippen LogP contribution >= 0.6 is 0 Å². The zero-order valence-electron chi connectivity index (χ0n) is 29.8. The Balaban J connectivity index is 1.32. The molecule has 53 heavy (non-hydrogen) atoms. The van der Waals surface area contributed by atoms with Crippen molar-refractivity contribution < 1.29 is 42.8 Å². The van der Waals surface area contributed by atoms with Gasteiger partial charge in [0.2, 0.25) is 11.7 Å². The Bertz CT molecular complexity index is 2020. The molecule has 6 rings (SSSR count). The number of benzene rings is 5. The minimum absolute atomic E-state index is 0.0286. The maximum atomic E-state index is 14.0. The van der Waals surface area contributed by atoms with E-state index >= 15 is 0 Å². The first-order valence-corrected chi connectivity index (χ1v) is 16.9. The molecule has 2 amide bonds. The van der Waals surface area contributed by atoms with E-state index in [0.717, 1.165) is 16.7 Å². The predicted molar refractivity (Wildman–Crippen MR) is 198 cm³/mol. The van der Waals surface area contributed by atoms with Gasteiger partial charge >= 0.3 is 12.1 Å². The fourth-order valence-electron chi connectivity index (χ4n) is 6.40. The number of carbonyl (C=O) groups is 3. The normalized spacial score (nSPS) is 15.4. The Labute approximate surface area is 308 Å². The van der Waals surface area contributed by atoms with E-state index in [9.17, 15) is 14.4 Å². The Morgan fingerprint density at radius 3 is 1.83 bits per heavy atom. The van der Waals surface area contributed by atoms with Crippen LogP contribution in [0.15, 0.2) is 121 Å². The van der Waals surface area contributed by atoms with Gasteiger partial charge in [-0.1, -0.05) is 97.1 Å². The Morgan fingerprint density at radius 1 is 0.660 bits per heavy atom. The minimum atomic E-state index is -1.10. The smallest absolute Gasteiger partial charge is 0.408 e. The second-order valence-electron chi connectivity index (χ2n) is 12.2. The van der Waals surface area contributed by atoms with Crippen molar-refractivity contribution in [2.45, 2.75) is 31.0 Å². The molecular formula is C42H40N2O9. The van der Waals surface area contributed by atoms with Crippen molar-refractivity contribution in [1.82, 2.24) is 5.32 Å². The number of hydrogen-bond donors (Lipinski definition) is 1. The van der Waals surface area contributed by atoms with Gasteiger partial charge in [-0.3, -0.25) is 4.79 Å². The molecule has 0 aliphatic carbocycles. The van der Waals surface area contributed by atoms with Crippen LogP contribution in [0.3, 0.4) is 0 Å². The Kier molecular flexibility index (Phi) is 11.4. The number of esters is 1. The van der Waals surface area contributed by atoms with Gasteiger partial charge in [-0.05, 0) is 34.4 Å². The molecule has 272 valence electrons. The number of ether oxygens (including phenoxy) is 6. The topological polar surface area (TPSA) is 122 Å². The van der Waals surface area contributed by atoms with Crippen LogP contribution in [0.4, 0.5) is 10.5 Å². The number of rotatable bonds is 14. The van der Waals surface area contributed by atoms with E-state index in [0.29, 0.717) is 28.5 Å². The molecule has 11 heteroatoms. The number of hydrogen-bond acceptors (Lipinski definition) is 9. The van der Waals surface area contributed by atoms with Gasteiger partial charge in [0, 0.05) is 18.6 Å². The molecule has 11 nitrogen and oxygen atoms in total. The van der Waals surface area contributed by atoms with Crippen molar-refractivity contribution >= 4 is 23.7 Å². The summed E-state index contributed by atoms with van der Waals surface area (Å²) in [6.07, 6.45) is -0.628. The molecule has 1 heterocycles. The summed E-state index contributed by atoms with van der Waals surface area (Å²) in [7, 11) is 6.00. The van der Waals surface area contributed by atoms with Crippen molar-refractivity contribution in [3.63, 3.8) is 0 Å². The first kappa shape index (κ1) is 36.3. The highest BCUT2D eigenvalue weighted by Gasteiger charge is 2.50. The van der Waals surface area contributed by atoms with Gasteiger partial charge in [0.25, 0.3) is 0 Å². The van der Waals surface area contributed by atoms with Crippen molar-refractivity contribution in [1.29, 1.82) is 0 Å². The largest absolute Gasteiger partial charge is 0.493 e. The van der Waals surface area contributed by atoms with Crippen molar-refractivity contribution in [3.8, 4) is 28.7 Å². The van der Waals surface area contributed by atoms with E-state index in [1.165, 1.54) is 28.4 Å². The molecule has 1 aliphatic rings. The first-order chi connectivity index (χ1) is 25.8. The SMILES string of the molecule is COc1ccc([C@H]2[C@H](c3ccccc3)C(=O)N2c2cc(OC)c(OC)c(OC)c2)cc1OC(=O)[C@H](Cc1ccccc1)NC(=O)OCc1ccccc1. The average Bonchev–Trinajstić information content (AvgIpc) is 3.19. The molecule has 5 aromatic carbocycles. The average molecular weight is 717 g/mol. The Hall–Kier alpha value is -6.49. The summed E-state index contributed by atoms with van der Waals surface area (Å²) in [5.41, 5.74) is 3.62. The van der Waals surface area contributed by atoms with E-state index in [1.54, 1.807) is 29.2 Å². The summed E-state index contributed by atoms with van der Waals surface area (Å²) in [4.78, 5) is 42.6. The maximum Gasteiger partial charge on any atom is 0.408 e. The number of alkyl carbamates (subject to hydrolysis) is 1. The third-order valence-corrected chi connectivity index (χ3v) is 9.00. The van der Waals surface area contributed by atoms with E-state index in [-0.39, 0.29) is 30.4 Å². The first-order valence-electron chi connectivity index (χ1n) is 16.9. The van der Waals surface area contributed by atoms with Gasteiger partial charge in [0.15, 0.2) is 23.0 Å². The zero-order valence-corrected chi connectivity index (χ0v) is 29.8. The standard InChI is InChI=1S/C42H40N2O9/c1-48-33-21-20-30(38-37(29-18-12-7-13-19-29)40(45)44(38)31-24-35(49-2)39(51-4)36(25-31)50-3)23-34(33)53-41(46)32(22-27-14-8-5-9-15-27)43-42(47)52-26-28-16-10-6-11-17-28/h5-21,23-25,32,37-38H,22,26H2,1-4H3,(H,43,47)/t32-,37-,38-/m0/s1. The van der Waals surface area contributed by atoms with E-state index in [1.807, 2.05) is 97.1 Å². The second-order valence-corrected chi connectivity index (χ2v) is 12.2. The number of carbonyl (C=O) groups excluding carboxylic acids is 3. The van der Waals surface area contributed by atoms with Gasteiger partial charge in [0.1, 0.15) is 12.6 Å². The molecule has 0 aromatic heterocycles. The van der Waals surface area contributed by atoms with Crippen molar-refractivity contribution in [2.75, 3.05) is 33.3 Å². The summed E-state index contributed by atoms with van der Waals surface area (Å²) in [6.45, 7) is 0.0286. The van der Waals surface area contributed by atoms with Crippen molar-refractivity contribution in [2.24, 2.45) is 0 Å². The number of amides is 2. The fourth-order valence-corrected chi connectivity index (χ4v) is 6.40. The number of methoxy groups -OCH3 is 4. The van der Waals surface area contributed by atoms with Gasteiger partial charge in [-0.2, -0.15) is 0 Å². The number of nitrogens with one attached hydrogen (secondary N) is 1. The minimum Gasteiger partial charge on any atom is -0.493 e. The van der Waals surface area contributed by atoms with E-state index < -0.39 is 30.1 Å². The highest BCUT2D eigenvalue weighted by molar-refractivity contribution is 6.07. The molecule has 5 aromatic rings. The lowest BCUT2D eigenvalue weighted by Crippen LogP contribution is -2.53. The van der Waals surface area contributed by atoms with Gasteiger partial charge in [0.05, 0.1) is 46.1 Å². The summed E-state index contributed by atoms with van der Waals surface area (Å²) >= 11 is 0. The van der Waals surface area contributed by atoms with Gasteiger partial charge in [-0.15, -0.1) is 0 Å². The number of anilines is 1. The zero-order chi connectivity index (χ0) is 37.3. The molecule has 0 unspecified atom stereocenters. The lowest BCUT2D eigenvalue weighted by atomic mass is 9.77. The molecule has 0 spiro atoms. The van der Waals surface area contributed by atoms with Crippen LogP contribution in [0.5, 0.6) is 28.7 Å². The van der Waals surface area contributed by atoms with Crippen LogP contribution in [-0.4, -0.2) is 52.5 Å². The van der Waals surface area contributed by atoms with Gasteiger partial charge in [-0.25, -0.2) is 9.59 Å². The molecular weight excluding hydrogens is 676 g/mol. The van der Waals surface area contributed by atoms with Gasteiger partial charge < -0.3 is 38.6 Å². The molecule has 0 bridgehead atoms. The quantitative estimate of drug-likeness (QED) is 0.0733. The van der Waals surface area contributed by atoms with E-state index in [4.69, 9.17) is 28.4 Å². The van der Waals surface area contributed by atoms with Crippen LogP contribution < -0.4 is 33.9 Å². The molecule has 1 fully saturated rings. The summed E-state index contributed by atoms with van der Waals surface area (Å²) in [5.74, 6) is 0.137. The van der Waals surface area contributed by atoms with Crippen molar-refractivity contribution in [3.05, 3.63) is 144 Å².